The summed E-state index contributed by atoms with van der Waals surface area (Å²) in [6.07, 6.45) is 0. The van der Waals surface area contributed by atoms with Crippen LogP contribution in [0.15, 0.2) is 162 Å². The number of aryl methyl sites for hydroxylation is 1. The smallest absolute Gasteiger partial charge is 0.167 e. The first-order chi connectivity index (χ1) is 26.8. The molecule has 0 saturated heterocycles. The quantitative estimate of drug-likeness (QED) is 0.172. The number of aromatic nitrogens is 3. The van der Waals surface area contributed by atoms with Gasteiger partial charge in [-0.3, -0.25) is 0 Å². The lowest BCUT2D eigenvalue weighted by Crippen LogP contribution is -2.15. The molecule has 0 radical (unpaired) electrons. The number of furan rings is 1. The Bertz CT molecular complexity index is 2870. The molecule has 1 atom stereocenters. The third-order valence-corrected chi connectivity index (χ3v) is 11.6. The second kappa shape index (κ2) is 12.7. The molecule has 0 fully saturated rings. The summed E-state index contributed by atoms with van der Waals surface area (Å²) in [6.45, 7) is 9.28. The van der Waals surface area contributed by atoms with Gasteiger partial charge in [0, 0.05) is 33.2 Å². The van der Waals surface area contributed by atoms with Gasteiger partial charge in [0.1, 0.15) is 11.2 Å². The Hall–Kier alpha value is -6.65. The second-order valence-corrected chi connectivity index (χ2v) is 15.3. The van der Waals surface area contributed by atoms with E-state index in [1.165, 1.54) is 50.1 Å². The van der Waals surface area contributed by atoms with Crippen LogP contribution in [0.1, 0.15) is 54.5 Å². The molecule has 0 saturated carbocycles. The SMILES string of the molecule is Cc1cc2c(cc1-c1ccccc1C(C)c1ccc3oc4c(-c5nc(-c6ccccc6)nc(-c6ccccc6)n5)cccc4c3c1)C(C)(C)c1ccccc1-2. The van der Waals surface area contributed by atoms with Crippen molar-refractivity contribution in [2.45, 2.75) is 39.0 Å². The molecule has 2 heterocycles. The first kappa shape index (κ1) is 33.0. The summed E-state index contributed by atoms with van der Waals surface area (Å²) in [6, 6.07) is 55.7. The van der Waals surface area contributed by atoms with Gasteiger partial charge in [-0.1, -0.05) is 154 Å². The third kappa shape index (κ3) is 5.40. The lowest BCUT2D eigenvalue weighted by Gasteiger charge is -2.24. The molecule has 1 aliphatic carbocycles. The number of hydrogen-bond acceptors (Lipinski definition) is 4. The summed E-state index contributed by atoms with van der Waals surface area (Å²) in [5.41, 5.74) is 16.1. The fourth-order valence-corrected chi connectivity index (χ4v) is 8.64. The Kier molecular flexibility index (Phi) is 7.64. The van der Waals surface area contributed by atoms with Gasteiger partial charge in [-0.05, 0) is 81.3 Å². The van der Waals surface area contributed by atoms with Gasteiger partial charge in [0.25, 0.3) is 0 Å². The van der Waals surface area contributed by atoms with Crippen LogP contribution in [0.25, 0.3) is 78.4 Å². The van der Waals surface area contributed by atoms with Gasteiger partial charge in [-0.15, -0.1) is 0 Å². The van der Waals surface area contributed by atoms with Crippen molar-refractivity contribution < 1.29 is 4.42 Å². The molecule has 55 heavy (non-hydrogen) atoms. The Morgan fingerprint density at radius 2 is 1.11 bits per heavy atom. The van der Waals surface area contributed by atoms with E-state index in [9.17, 15) is 0 Å². The molecule has 9 aromatic rings. The van der Waals surface area contributed by atoms with Crippen molar-refractivity contribution in [3.05, 3.63) is 186 Å². The highest BCUT2D eigenvalue weighted by molar-refractivity contribution is 6.09. The predicted octanol–water partition coefficient (Wildman–Crippen LogP) is 13.2. The molecule has 7 aromatic carbocycles. The first-order valence-corrected chi connectivity index (χ1v) is 19.0. The number of benzene rings is 7. The molecule has 0 aliphatic heterocycles. The molecule has 4 nitrogen and oxygen atoms in total. The summed E-state index contributed by atoms with van der Waals surface area (Å²) in [4.78, 5) is 14.9. The van der Waals surface area contributed by atoms with E-state index in [-0.39, 0.29) is 11.3 Å². The molecule has 2 aromatic heterocycles. The van der Waals surface area contributed by atoms with Gasteiger partial charge in [-0.25, -0.2) is 15.0 Å². The largest absolute Gasteiger partial charge is 0.455 e. The van der Waals surface area contributed by atoms with E-state index in [0.29, 0.717) is 17.5 Å². The van der Waals surface area contributed by atoms with Gasteiger partial charge in [0.15, 0.2) is 17.5 Å². The van der Waals surface area contributed by atoms with E-state index >= 15 is 0 Å². The highest BCUT2D eigenvalue weighted by Gasteiger charge is 2.36. The molecule has 264 valence electrons. The van der Waals surface area contributed by atoms with E-state index in [2.05, 4.69) is 119 Å². The minimum atomic E-state index is -0.0608. The number of hydrogen-bond donors (Lipinski definition) is 0. The molecule has 1 unspecified atom stereocenters. The maximum Gasteiger partial charge on any atom is 0.167 e. The third-order valence-electron chi connectivity index (χ3n) is 11.6. The summed E-state index contributed by atoms with van der Waals surface area (Å²) >= 11 is 0. The van der Waals surface area contributed by atoms with Crippen LogP contribution in [0.5, 0.6) is 0 Å². The zero-order valence-corrected chi connectivity index (χ0v) is 31.3. The van der Waals surface area contributed by atoms with Crippen LogP contribution in [0, 0.1) is 6.92 Å². The molecule has 1 aliphatic rings. The molecule has 10 rings (SSSR count). The van der Waals surface area contributed by atoms with Crippen molar-refractivity contribution in [2.75, 3.05) is 0 Å². The van der Waals surface area contributed by atoms with Gasteiger partial charge >= 0.3 is 0 Å². The number of fused-ring (bicyclic) bond motifs is 6. The van der Waals surface area contributed by atoms with Gasteiger partial charge in [0.05, 0.1) is 5.56 Å². The van der Waals surface area contributed by atoms with Gasteiger partial charge < -0.3 is 4.42 Å². The summed E-state index contributed by atoms with van der Waals surface area (Å²) < 4.78 is 6.67. The highest BCUT2D eigenvalue weighted by atomic mass is 16.3. The fourth-order valence-electron chi connectivity index (χ4n) is 8.64. The Morgan fingerprint density at radius 3 is 1.84 bits per heavy atom. The van der Waals surface area contributed by atoms with Crippen LogP contribution >= 0.6 is 0 Å². The van der Waals surface area contributed by atoms with Crippen molar-refractivity contribution in [1.82, 2.24) is 15.0 Å². The van der Waals surface area contributed by atoms with Crippen molar-refractivity contribution >= 4 is 21.9 Å². The lowest BCUT2D eigenvalue weighted by atomic mass is 9.80. The topological polar surface area (TPSA) is 51.8 Å². The molecular weight excluding hydrogens is 671 g/mol. The first-order valence-electron chi connectivity index (χ1n) is 19.0. The average Bonchev–Trinajstić information content (AvgIpc) is 3.72. The van der Waals surface area contributed by atoms with Gasteiger partial charge in [-0.2, -0.15) is 0 Å². The van der Waals surface area contributed by atoms with Crippen molar-refractivity contribution in [3.8, 4) is 56.4 Å². The molecule has 0 bridgehead atoms. The molecule has 0 spiro atoms. The lowest BCUT2D eigenvalue weighted by molar-refractivity contribution is 0.660. The van der Waals surface area contributed by atoms with E-state index in [4.69, 9.17) is 19.4 Å². The normalized spacial score (nSPS) is 13.5. The van der Waals surface area contributed by atoms with Crippen molar-refractivity contribution in [1.29, 1.82) is 0 Å². The predicted molar refractivity (Wildman–Crippen MR) is 225 cm³/mol. The summed E-state index contributed by atoms with van der Waals surface area (Å²) in [5.74, 6) is 1.96. The number of para-hydroxylation sites is 1. The zero-order valence-electron chi connectivity index (χ0n) is 31.3. The highest BCUT2D eigenvalue weighted by Crippen LogP contribution is 2.51. The Balaban J connectivity index is 1.07. The summed E-state index contributed by atoms with van der Waals surface area (Å²) in [5, 5.41) is 2.11. The van der Waals surface area contributed by atoms with Crippen LogP contribution in [-0.2, 0) is 5.41 Å². The Labute approximate surface area is 321 Å². The van der Waals surface area contributed by atoms with E-state index in [1.54, 1.807) is 0 Å². The minimum absolute atomic E-state index is 0.0608. The second-order valence-electron chi connectivity index (χ2n) is 15.3. The molecule has 4 heteroatoms. The zero-order chi connectivity index (χ0) is 37.3. The van der Waals surface area contributed by atoms with Crippen LogP contribution < -0.4 is 0 Å². The molecular formula is C51H39N3O. The van der Waals surface area contributed by atoms with Crippen molar-refractivity contribution in [3.63, 3.8) is 0 Å². The van der Waals surface area contributed by atoms with Gasteiger partial charge in [0.2, 0.25) is 0 Å². The Morgan fingerprint density at radius 1 is 0.491 bits per heavy atom. The van der Waals surface area contributed by atoms with Crippen LogP contribution in [0.4, 0.5) is 0 Å². The van der Waals surface area contributed by atoms with Crippen LogP contribution in [-0.4, -0.2) is 15.0 Å². The molecule has 0 amide bonds. The summed E-state index contributed by atoms with van der Waals surface area (Å²) in [7, 11) is 0. The van der Waals surface area contributed by atoms with E-state index < -0.39 is 0 Å². The maximum absolute atomic E-state index is 6.67. The fraction of sp³-hybridized carbons (Fsp3) is 0.118. The van der Waals surface area contributed by atoms with E-state index in [1.807, 2.05) is 66.7 Å². The number of rotatable bonds is 6. The van der Waals surface area contributed by atoms with Crippen molar-refractivity contribution in [2.24, 2.45) is 0 Å². The number of nitrogens with zero attached hydrogens (tertiary/aromatic N) is 3. The monoisotopic (exact) mass is 709 g/mol. The van der Waals surface area contributed by atoms with Crippen LogP contribution in [0.2, 0.25) is 0 Å². The average molecular weight is 710 g/mol. The van der Waals surface area contributed by atoms with Crippen LogP contribution in [0.3, 0.4) is 0 Å². The van der Waals surface area contributed by atoms with E-state index in [0.717, 1.165) is 38.6 Å². The maximum atomic E-state index is 6.67. The standard InChI is InChI=1S/C51H39N3O/c1-31-28-42-38-22-13-14-25-44(38)51(3,4)45(42)30-41(31)37-21-12-11-20-36(37)32(2)35-26-27-46-43(29-35)39-23-15-24-40(47(39)55-46)50-53-48(33-16-7-5-8-17-33)52-49(54-50)34-18-9-6-10-19-34/h5-30,32H,1-4H3. The molecule has 0 N–H and O–H groups in total. The minimum Gasteiger partial charge on any atom is -0.455 e.